The molecule has 0 saturated heterocycles. The summed E-state index contributed by atoms with van der Waals surface area (Å²) in [5.74, 6) is -0.477. The van der Waals surface area contributed by atoms with Gasteiger partial charge < -0.3 is 0 Å². The van der Waals surface area contributed by atoms with Crippen molar-refractivity contribution in [2.45, 2.75) is 0 Å². The summed E-state index contributed by atoms with van der Waals surface area (Å²) in [6.07, 6.45) is 1.55. The number of fused-ring (bicyclic) bond motifs is 1. The van der Waals surface area contributed by atoms with Gasteiger partial charge in [0.2, 0.25) is 0 Å². The van der Waals surface area contributed by atoms with Crippen LogP contribution < -0.4 is 11.0 Å². The largest absolute Gasteiger partial charge is 0.292 e. The van der Waals surface area contributed by atoms with E-state index < -0.39 is 5.91 Å². The second kappa shape index (κ2) is 5.68. The van der Waals surface area contributed by atoms with Crippen LogP contribution in [0.3, 0.4) is 0 Å². The van der Waals surface area contributed by atoms with Gasteiger partial charge in [-0.2, -0.15) is 10.2 Å². The molecule has 3 aromatic rings. The highest BCUT2D eigenvalue weighted by molar-refractivity contribution is 7.11. The molecule has 0 aliphatic heterocycles. The predicted molar refractivity (Wildman–Crippen MR) is 81.7 cm³/mol. The zero-order valence-electron chi connectivity index (χ0n) is 10.7. The van der Waals surface area contributed by atoms with Crippen LogP contribution in [0.1, 0.15) is 15.4 Å². The Morgan fingerprint density at radius 1 is 1.24 bits per heavy atom. The predicted octanol–water partition coefficient (Wildman–Crippen LogP) is 1.75. The lowest BCUT2D eigenvalue weighted by atomic mass is 10.1. The van der Waals surface area contributed by atoms with Crippen LogP contribution in [0.2, 0.25) is 0 Å². The number of hydrogen-bond donors (Lipinski definition) is 2. The Labute approximate surface area is 123 Å². The molecule has 0 saturated carbocycles. The Hall–Kier alpha value is -2.80. The van der Waals surface area contributed by atoms with Crippen molar-refractivity contribution in [2.24, 2.45) is 5.10 Å². The number of amides is 1. The number of H-pyrrole nitrogens is 1. The molecule has 2 heterocycles. The van der Waals surface area contributed by atoms with Crippen molar-refractivity contribution in [3.63, 3.8) is 0 Å². The average Bonchev–Trinajstić information content (AvgIpc) is 3.01. The molecule has 2 aromatic heterocycles. The molecule has 1 aromatic carbocycles. The minimum Gasteiger partial charge on any atom is -0.267 e. The maximum Gasteiger partial charge on any atom is 0.292 e. The maximum absolute atomic E-state index is 12.1. The van der Waals surface area contributed by atoms with Gasteiger partial charge in [-0.15, -0.1) is 11.3 Å². The third-order valence-corrected chi connectivity index (χ3v) is 3.62. The number of benzene rings is 1. The number of nitrogens with one attached hydrogen (secondary N) is 2. The molecule has 0 radical (unpaired) electrons. The Bertz CT molecular complexity index is 868. The van der Waals surface area contributed by atoms with Crippen molar-refractivity contribution < 1.29 is 4.79 Å². The minimum absolute atomic E-state index is 0.133. The molecule has 1 amide bonds. The van der Waals surface area contributed by atoms with Gasteiger partial charge >= 0.3 is 0 Å². The lowest BCUT2D eigenvalue weighted by molar-refractivity contribution is 0.0951. The molecule has 0 bridgehead atoms. The van der Waals surface area contributed by atoms with Crippen molar-refractivity contribution in [3.05, 3.63) is 62.7 Å². The molecule has 0 unspecified atom stereocenters. The molecule has 2 N–H and O–H groups in total. The Morgan fingerprint density at radius 3 is 2.81 bits per heavy atom. The smallest absolute Gasteiger partial charge is 0.267 e. The minimum atomic E-state index is -0.477. The summed E-state index contributed by atoms with van der Waals surface area (Å²) in [6.45, 7) is 0. The number of aromatic nitrogens is 2. The second-order valence-corrected chi connectivity index (χ2v) is 5.14. The molecule has 6 nitrogen and oxygen atoms in total. The van der Waals surface area contributed by atoms with Gasteiger partial charge in [0.15, 0.2) is 5.69 Å². The third kappa shape index (κ3) is 2.72. The zero-order chi connectivity index (χ0) is 14.7. The standard InChI is InChI=1S/C14H10N4O2S/c19-13-11-6-2-1-5-10(11)12(16-18-13)14(20)17-15-8-9-4-3-7-21-9/h1-8H,(H,17,20)(H,18,19)/b15-8-. The van der Waals surface area contributed by atoms with Crippen LogP contribution in [-0.2, 0) is 0 Å². The van der Waals surface area contributed by atoms with Crippen molar-refractivity contribution >= 4 is 34.2 Å². The van der Waals surface area contributed by atoms with Crippen LogP contribution >= 0.6 is 11.3 Å². The Balaban J connectivity index is 1.88. The fourth-order valence-electron chi connectivity index (χ4n) is 1.86. The highest BCUT2D eigenvalue weighted by atomic mass is 32.1. The van der Waals surface area contributed by atoms with E-state index in [1.165, 1.54) is 11.3 Å². The van der Waals surface area contributed by atoms with Crippen LogP contribution in [-0.4, -0.2) is 22.3 Å². The number of rotatable bonds is 3. The lowest BCUT2D eigenvalue weighted by Gasteiger charge is -2.02. The van der Waals surface area contributed by atoms with Crippen LogP contribution in [0, 0.1) is 0 Å². The summed E-state index contributed by atoms with van der Waals surface area (Å²) in [6, 6.07) is 10.6. The summed E-state index contributed by atoms with van der Waals surface area (Å²) in [5, 5.41) is 12.8. The summed E-state index contributed by atoms with van der Waals surface area (Å²) < 4.78 is 0. The molecule has 0 atom stereocenters. The maximum atomic E-state index is 12.1. The van der Waals surface area contributed by atoms with E-state index in [1.807, 2.05) is 17.5 Å². The van der Waals surface area contributed by atoms with Gasteiger partial charge in [-0.25, -0.2) is 10.5 Å². The van der Waals surface area contributed by atoms with Gasteiger partial charge in [0.1, 0.15) is 0 Å². The first-order chi connectivity index (χ1) is 10.3. The number of hydrazone groups is 1. The highest BCUT2D eigenvalue weighted by Gasteiger charge is 2.12. The third-order valence-electron chi connectivity index (χ3n) is 2.81. The highest BCUT2D eigenvalue weighted by Crippen LogP contribution is 2.12. The quantitative estimate of drug-likeness (QED) is 0.570. The summed E-state index contributed by atoms with van der Waals surface area (Å²) in [4.78, 5) is 24.7. The molecule has 3 rings (SSSR count). The average molecular weight is 298 g/mol. The van der Waals surface area contributed by atoms with E-state index in [2.05, 4.69) is 20.7 Å². The number of aromatic amines is 1. The molecule has 7 heteroatoms. The van der Waals surface area contributed by atoms with E-state index in [1.54, 1.807) is 30.5 Å². The van der Waals surface area contributed by atoms with Gasteiger partial charge in [0.05, 0.1) is 11.6 Å². The summed E-state index contributed by atoms with van der Waals surface area (Å²) in [7, 11) is 0. The fraction of sp³-hybridized carbons (Fsp3) is 0. The normalized spacial score (nSPS) is 11.0. The monoisotopic (exact) mass is 298 g/mol. The lowest BCUT2D eigenvalue weighted by Crippen LogP contribution is -2.22. The van der Waals surface area contributed by atoms with Crippen molar-refractivity contribution in [1.29, 1.82) is 0 Å². The molecular formula is C14H10N4O2S. The second-order valence-electron chi connectivity index (χ2n) is 4.16. The van der Waals surface area contributed by atoms with Gasteiger partial charge in [0.25, 0.3) is 11.5 Å². The first-order valence-electron chi connectivity index (χ1n) is 6.10. The van der Waals surface area contributed by atoms with Gasteiger partial charge in [0, 0.05) is 10.3 Å². The molecule has 0 aliphatic carbocycles. The van der Waals surface area contributed by atoms with Crippen molar-refractivity contribution in [2.75, 3.05) is 0 Å². The first-order valence-corrected chi connectivity index (χ1v) is 6.98. The first kappa shape index (κ1) is 13.2. The number of carbonyl (C=O) groups excluding carboxylic acids is 1. The van der Waals surface area contributed by atoms with E-state index in [0.717, 1.165) is 4.88 Å². The summed E-state index contributed by atoms with van der Waals surface area (Å²) in [5.41, 5.74) is 2.20. The van der Waals surface area contributed by atoms with Crippen LogP contribution in [0.4, 0.5) is 0 Å². The molecule has 0 spiro atoms. The van der Waals surface area contributed by atoms with Gasteiger partial charge in [-0.1, -0.05) is 24.3 Å². The topological polar surface area (TPSA) is 87.2 Å². The number of nitrogens with zero attached hydrogens (tertiary/aromatic N) is 2. The molecule has 21 heavy (non-hydrogen) atoms. The van der Waals surface area contributed by atoms with Crippen molar-refractivity contribution in [3.8, 4) is 0 Å². The van der Waals surface area contributed by atoms with E-state index >= 15 is 0 Å². The fourth-order valence-corrected chi connectivity index (χ4v) is 2.44. The molecule has 104 valence electrons. The molecule has 0 aliphatic rings. The number of thiophene rings is 1. The van der Waals surface area contributed by atoms with Crippen molar-refractivity contribution in [1.82, 2.24) is 15.6 Å². The van der Waals surface area contributed by atoms with E-state index in [-0.39, 0.29) is 11.3 Å². The van der Waals surface area contributed by atoms with Gasteiger partial charge in [-0.3, -0.25) is 9.59 Å². The molecular weight excluding hydrogens is 288 g/mol. The number of hydrogen-bond acceptors (Lipinski definition) is 5. The Morgan fingerprint density at radius 2 is 2.05 bits per heavy atom. The Kier molecular flexibility index (Phi) is 3.57. The SMILES string of the molecule is O=C(N/N=C\c1cccs1)c1n[nH]c(=O)c2ccccc12. The van der Waals surface area contributed by atoms with E-state index in [4.69, 9.17) is 0 Å². The van der Waals surface area contributed by atoms with Crippen LogP contribution in [0.15, 0.2) is 51.7 Å². The van der Waals surface area contributed by atoms with E-state index in [0.29, 0.717) is 10.8 Å². The van der Waals surface area contributed by atoms with E-state index in [9.17, 15) is 9.59 Å². The van der Waals surface area contributed by atoms with Crippen LogP contribution in [0.25, 0.3) is 10.8 Å². The van der Waals surface area contributed by atoms with Crippen LogP contribution in [0.5, 0.6) is 0 Å². The zero-order valence-corrected chi connectivity index (χ0v) is 11.6. The van der Waals surface area contributed by atoms with Gasteiger partial charge in [-0.05, 0) is 17.5 Å². The summed E-state index contributed by atoms with van der Waals surface area (Å²) >= 11 is 1.51. The molecule has 0 fully saturated rings. The number of carbonyl (C=O) groups is 1.